The molecule has 2 unspecified atom stereocenters. The molecule has 4 heterocycles. The van der Waals surface area contributed by atoms with Crippen LogP contribution >= 0.6 is 0 Å². The number of benzene rings is 1. The summed E-state index contributed by atoms with van der Waals surface area (Å²) >= 11 is 0. The Morgan fingerprint density at radius 1 is 1.20 bits per heavy atom. The number of anilines is 1. The number of nitrogens with zero attached hydrogens (tertiary/aromatic N) is 5. The van der Waals surface area contributed by atoms with E-state index in [1.165, 1.54) is 11.1 Å². The fraction of sp³-hybridized carbons (Fsp3) is 0.316. The Balaban J connectivity index is 1.56. The number of carbonyl (C=O) groups is 3. The second kappa shape index (κ2) is 5.91. The first-order chi connectivity index (χ1) is 14.2. The molecule has 3 atom stereocenters. The Bertz CT molecular complexity index is 1170. The lowest BCUT2D eigenvalue weighted by Crippen LogP contribution is -2.57. The molecule has 0 saturated carbocycles. The lowest BCUT2D eigenvalue weighted by atomic mass is 10.1. The van der Waals surface area contributed by atoms with Gasteiger partial charge in [0.15, 0.2) is 0 Å². The zero-order valence-corrected chi connectivity index (χ0v) is 15.1. The van der Waals surface area contributed by atoms with Gasteiger partial charge in [0.1, 0.15) is 17.8 Å². The number of nitriles is 1. The number of rotatable bonds is 1. The van der Waals surface area contributed by atoms with E-state index in [1.54, 1.807) is 24.3 Å². The number of piperazine rings is 1. The molecule has 2 bridgehead atoms. The van der Waals surface area contributed by atoms with Crippen molar-refractivity contribution in [3.63, 3.8) is 0 Å². The maximum atomic E-state index is 13.2. The van der Waals surface area contributed by atoms with E-state index in [4.69, 9.17) is 0 Å². The summed E-state index contributed by atoms with van der Waals surface area (Å²) in [5.41, 5.74) is 0.276. The summed E-state index contributed by atoms with van der Waals surface area (Å²) in [6.45, 7) is -0.265. The Hall–Kier alpha value is -3.68. The predicted molar refractivity (Wildman–Crippen MR) is 94.9 cm³/mol. The smallest absolute Gasteiger partial charge is 0.327 e. The van der Waals surface area contributed by atoms with E-state index in [1.807, 2.05) is 6.07 Å². The van der Waals surface area contributed by atoms with Crippen molar-refractivity contribution >= 4 is 34.3 Å². The number of halogens is 3. The van der Waals surface area contributed by atoms with Crippen LogP contribution in [0.3, 0.4) is 0 Å². The molecule has 4 amide bonds. The molecule has 30 heavy (non-hydrogen) atoms. The molecule has 5 rings (SSSR count). The number of amides is 4. The summed E-state index contributed by atoms with van der Waals surface area (Å²) in [6.07, 6.45) is -3.68. The van der Waals surface area contributed by atoms with Crippen LogP contribution < -0.4 is 4.90 Å². The van der Waals surface area contributed by atoms with Crippen LogP contribution in [0.5, 0.6) is 0 Å². The van der Waals surface area contributed by atoms with Crippen molar-refractivity contribution in [2.75, 3.05) is 11.4 Å². The molecule has 8 nitrogen and oxygen atoms in total. The highest BCUT2D eigenvalue weighted by Crippen LogP contribution is 2.44. The number of likely N-dealkylation sites (tertiary alicyclic amines) is 1. The normalized spacial score (nSPS) is 25.3. The van der Waals surface area contributed by atoms with Gasteiger partial charge >= 0.3 is 18.1 Å². The number of hydrogen-bond acceptors (Lipinski definition) is 5. The third kappa shape index (κ3) is 2.27. The molecule has 152 valence electrons. The second-order valence-electron chi connectivity index (χ2n) is 7.37. The zero-order chi connectivity index (χ0) is 21.4. The molecule has 0 spiro atoms. The third-order valence-corrected chi connectivity index (χ3v) is 5.89. The van der Waals surface area contributed by atoms with Crippen molar-refractivity contribution in [1.82, 2.24) is 14.8 Å². The van der Waals surface area contributed by atoms with E-state index >= 15 is 0 Å². The monoisotopic (exact) mass is 415 g/mol. The number of pyridine rings is 1. The number of aromatic nitrogens is 1. The van der Waals surface area contributed by atoms with Crippen LogP contribution in [-0.4, -0.2) is 63.5 Å². The Labute approximate surface area is 167 Å². The van der Waals surface area contributed by atoms with Crippen LogP contribution in [0.15, 0.2) is 30.5 Å². The summed E-state index contributed by atoms with van der Waals surface area (Å²) in [7, 11) is 0. The van der Waals surface area contributed by atoms with E-state index < -0.39 is 42.1 Å². The van der Waals surface area contributed by atoms with E-state index in [9.17, 15) is 32.8 Å². The zero-order valence-electron chi connectivity index (χ0n) is 15.1. The maximum absolute atomic E-state index is 13.2. The van der Waals surface area contributed by atoms with Crippen molar-refractivity contribution < 1.29 is 27.6 Å². The summed E-state index contributed by atoms with van der Waals surface area (Å²) in [6, 6.07) is 5.05. The molecule has 1 aromatic carbocycles. The average Bonchev–Trinajstić information content (AvgIpc) is 3.37. The largest absolute Gasteiger partial charge is 0.471 e. The molecule has 11 heteroatoms. The van der Waals surface area contributed by atoms with E-state index in [-0.39, 0.29) is 24.3 Å². The van der Waals surface area contributed by atoms with Crippen LogP contribution in [0.4, 0.5) is 23.7 Å². The minimum absolute atomic E-state index is 0.121. The maximum Gasteiger partial charge on any atom is 0.471 e. The van der Waals surface area contributed by atoms with E-state index in [2.05, 4.69) is 4.98 Å². The highest BCUT2D eigenvalue weighted by molar-refractivity contribution is 6.25. The number of urea groups is 1. The van der Waals surface area contributed by atoms with Crippen LogP contribution in [0, 0.1) is 11.3 Å². The molecule has 1 aromatic heterocycles. The van der Waals surface area contributed by atoms with Crippen molar-refractivity contribution in [3.8, 4) is 6.07 Å². The number of hydrogen-bond donors (Lipinski definition) is 0. The number of imide groups is 1. The third-order valence-electron chi connectivity index (χ3n) is 5.89. The van der Waals surface area contributed by atoms with E-state index in [0.717, 1.165) is 4.90 Å². The first kappa shape index (κ1) is 18.4. The van der Waals surface area contributed by atoms with Gasteiger partial charge in [0, 0.05) is 17.3 Å². The SMILES string of the molecule is N#Cc1ncc(N2C(=O)C3C4C[C@H](CN4C(=O)C(F)(F)F)N3C2=O)c2ccccc12. The minimum atomic E-state index is -5.05. The highest BCUT2D eigenvalue weighted by atomic mass is 19.4. The molecule has 0 radical (unpaired) electrons. The van der Waals surface area contributed by atoms with Crippen LogP contribution in [0.25, 0.3) is 10.8 Å². The van der Waals surface area contributed by atoms with Gasteiger partial charge in [-0.2, -0.15) is 18.4 Å². The molecule has 3 aliphatic heterocycles. The van der Waals surface area contributed by atoms with Crippen LogP contribution in [0.2, 0.25) is 0 Å². The molecular weight excluding hydrogens is 403 g/mol. The highest BCUT2D eigenvalue weighted by Gasteiger charge is 2.64. The topological polar surface area (TPSA) is 97.6 Å². The van der Waals surface area contributed by atoms with Crippen molar-refractivity contribution in [2.45, 2.75) is 30.7 Å². The fourth-order valence-electron chi connectivity index (χ4n) is 4.72. The summed E-state index contributed by atoms with van der Waals surface area (Å²) in [4.78, 5) is 44.8. The van der Waals surface area contributed by atoms with Gasteiger partial charge in [-0.3, -0.25) is 9.59 Å². The number of fused-ring (bicyclic) bond motifs is 6. The Morgan fingerprint density at radius 2 is 1.90 bits per heavy atom. The Kier molecular flexibility index (Phi) is 3.62. The van der Waals surface area contributed by atoms with E-state index in [0.29, 0.717) is 15.7 Å². The van der Waals surface area contributed by atoms with Gasteiger partial charge in [-0.05, 0) is 6.42 Å². The van der Waals surface area contributed by atoms with Gasteiger partial charge in [-0.25, -0.2) is 14.7 Å². The summed E-state index contributed by atoms with van der Waals surface area (Å²) in [5, 5.41) is 10.1. The minimum Gasteiger partial charge on any atom is -0.327 e. The molecule has 3 aliphatic rings. The van der Waals surface area contributed by atoms with Crippen LogP contribution in [0.1, 0.15) is 12.1 Å². The number of alkyl halides is 3. The Morgan fingerprint density at radius 3 is 2.57 bits per heavy atom. The lowest BCUT2D eigenvalue weighted by molar-refractivity contribution is -0.188. The molecule has 2 aromatic rings. The standard InChI is InChI=1S/C19H12F3N5O3/c20-19(21,22)17(29)25-8-9-5-13(25)15-16(28)27(18(30)26(9)15)14-7-24-12(6-23)10-3-1-2-4-11(10)14/h1-4,7,9,13,15H,5,8H2/t9-,13?,15?/m1/s1. The second-order valence-corrected chi connectivity index (χ2v) is 7.37. The first-order valence-electron chi connectivity index (χ1n) is 9.06. The quantitative estimate of drug-likeness (QED) is 0.662. The van der Waals surface area contributed by atoms with Crippen molar-refractivity contribution in [2.24, 2.45) is 0 Å². The van der Waals surface area contributed by atoms with Crippen LogP contribution in [-0.2, 0) is 9.59 Å². The molecular formula is C19H12F3N5O3. The van der Waals surface area contributed by atoms with Gasteiger partial charge in [-0.15, -0.1) is 0 Å². The van der Waals surface area contributed by atoms with Gasteiger partial charge in [0.25, 0.3) is 5.91 Å². The first-order valence-corrected chi connectivity index (χ1v) is 9.06. The molecule has 0 aliphatic carbocycles. The molecule has 3 fully saturated rings. The summed E-state index contributed by atoms with van der Waals surface area (Å²) < 4.78 is 38.8. The predicted octanol–water partition coefficient (Wildman–Crippen LogP) is 1.79. The molecule has 3 saturated heterocycles. The molecule has 0 N–H and O–H groups in total. The van der Waals surface area contributed by atoms with Gasteiger partial charge in [0.05, 0.1) is 24.0 Å². The van der Waals surface area contributed by atoms with Crippen molar-refractivity contribution in [3.05, 3.63) is 36.2 Å². The van der Waals surface area contributed by atoms with Crippen molar-refractivity contribution in [1.29, 1.82) is 5.26 Å². The average molecular weight is 415 g/mol. The van der Waals surface area contributed by atoms with Gasteiger partial charge < -0.3 is 9.80 Å². The van der Waals surface area contributed by atoms with Gasteiger partial charge in [-0.1, -0.05) is 24.3 Å². The lowest BCUT2D eigenvalue weighted by Gasteiger charge is -2.35. The fourth-order valence-corrected chi connectivity index (χ4v) is 4.72. The van der Waals surface area contributed by atoms with Gasteiger partial charge in [0.2, 0.25) is 0 Å². The summed E-state index contributed by atoms with van der Waals surface area (Å²) in [5.74, 6) is -2.71. The number of carbonyl (C=O) groups excluding carboxylic acids is 3.